The van der Waals surface area contributed by atoms with E-state index >= 15 is 0 Å². The summed E-state index contributed by atoms with van der Waals surface area (Å²) in [4.78, 5) is 12.3. The molecule has 0 saturated heterocycles. The minimum atomic E-state index is 0.0385. The van der Waals surface area contributed by atoms with E-state index in [4.69, 9.17) is 4.52 Å². The first kappa shape index (κ1) is 14.8. The molecule has 0 atom stereocenters. The van der Waals surface area contributed by atoms with Crippen molar-refractivity contribution in [3.05, 3.63) is 52.9 Å². The predicted octanol–water partition coefficient (Wildman–Crippen LogP) is 3.07. The standard InChI is InChI=1S/C18H22N2O2/c1-13-16(14(2)22-20-13)11-17(21)19-12-18(9-6-10-18)15-7-4-3-5-8-15/h3-5,7-8H,6,9-12H2,1-2H3,(H,19,21). The van der Waals surface area contributed by atoms with Gasteiger partial charge in [-0.05, 0) is 32.3 Å². The van der Waals surface area contributed by atoms with E-state index in [0.717, 1.165) is 29.9 Å². The average Bonchev–Trinajstić information content (AvgIpc) is 2.79. The maximum Gasteiger partial charge on any atom is 0.224 e. The lowest BCUT2D eigenvalue weighted by Gasteiger charge is -2.42. The number of amides is 1. The minimum absolute atomic E-state index is 0.0385. The second-order valence-electron chi connectivity index (χ2n) is 6.26. The third kappa shape index (κ3) is 2.78. The third-order valence-electron chi connectivity index (χ3n) is 4.84. The zero-order chi connectivity index (χ0) is 15.6. The summed E-state index contributed by atoms with van der Waals surface area (Å²) < 4.78 is 5.11. The van der Waals surface area contributed by atoms with Crippen LogP contribution in [-0.2, 0) is 16.6 Å². The van der Waals surface area contributed by atoms with Crippen LogP contribution in [0.4, 0.5) is 0 Å². The van der Waals surface area contributed by atoms with Crippen LogP contribution in [0.15, 0.2) is 34.9 Å². The van der Waals surface area contributed by atoms with Crippen LogP contribution >= 0.6 is 0 Å². The van der Waals surface area contributed by atoms with E-state index in [0.29, 0.717) is 13.0 Å². The molecule has 22 heavy (non-hydrogen) atoms. The van der Waals surface area contributed by atoms with Crippen molar-refractivity contribution in [3.8, 4) is 0 Å². The Morgan fingerprint density at radius 3 is 2.55 bits per heavy atom. The Hall–Kier alpha value is -2.10. The zero-order valence-corrected chi connectivity index (χ0v) is 13.2. The molecule has 1 aromatic carbocycles. The van der Waals surface area contributed by atoms with Gasteiger partial charge in [-0.25, -0.2) is 0 Å². The summed E-state index contributed by atoms with van der Waals surface area (Å²) in [5, 5.41) is 7.01. The first-order valence-electron chi connectivity index (χ1n) is 7.85. The summed E-state index contributed by atoms with van der Waals surface area (Å²) in [6, 6.07) is 10.5. The van der Waals surface area contributed by atoms with Crippen LogP contribution in [0.2, 0.25) is 0 Å². The van der Waals surface area contributed by atoms with Crippen LogP contribution < -0.4 is 5.32 Å². The highest BCUT2D eigenvalue weighted by molar-refractivity contribution is 5.79. The molecular formula is C18H22N2O2. The van der Waals surface area contributed by atoms with Crippen LogP contribution in [-0.4, -0.2) is 17.6 Å². The summed E-state index contributed by atoms with van der Waals surface area (Å²) in [6.07, 6.45) is 3.85. The van der Waals surface area contributed by atoms with Crippen molar-refractivity contribution in [2.75, 3.05) is 6.54 Å². The van der Waals surface area contributed by atoms with Gasteiger partial charge in [-0.2, -0.15) is 0 Å². The van der Waals surface area contributed by atoms with Crippen LogP contribution in [0.3, 0.4) is 0 Å². The summed E-state index contributed by atoms with van der Waals surface area (Å²) in [6.45, 7) is 4.43. The summed E-state index contributed by atoms with van der Waals surface area (Å²) in [5.74, 6) is 0.769. The van der Waals surface area contributed by atoms with Gasteiger partial charge in [0, 0.05) is 17.5 Å². The lowest BCUT2D eigenvalue weighted by Crippen LogP contribution is -2.45. The summed E-state index contributed by atoms with van der Waals surface area (Å²) in [7, 11) is 0. The predicted molar refractivity (Wildman–Crippen MR) is 84.7 cm³/mol. The van der Waals surface area contributed by atoms with Gasteiger partial charge in [0.2, 0.25) is 5.91 Å². The fourth-order valence-electron chi connectivity index (χ4n) is 3.21. The molecule has 1 aliphatic rings. The maximum atomic E-state index is 12.3. The van der Waals surface area contributed by atoms with Crippen LogP contribution in [0.1, 0.15) is 41.8 Å². The highest BCUT2D eigenvalue weighted by atomic mass is 16.5. The molecule has 1 N–H and O–H groups in total. The Balaban J connectivity index is 1.63. The summed E-state index contributed by atoms with van der Waals surface area (Å²) >= 11 is 0. The second kappa shape index (κ2) is 5.95. The topological polar surface area (TPSA) is 55.1 Å². The maximum absolute atomic E-state index is 12.3. The Bertz CT molecular complexity index is 637. The molecule has 0 bridgehead atoms. The van der Waals surface area contributed by atoms with Gasteiger partial charge in [0.05, 0.1) is 12.1 Å². The molecule has 1 amide bonds. The number of benzene rings is 1. The number of hydrogen-bond donors (Lipinski definition) is 1. The van der Waals surface area contributed by atoms with Crippen LogP contribution in [0.25, 0.3) is 0 Å². The molecule has 0 aliphatic heterocycles. The molecule has 1 fully saturated rings. The number of aryl methyl sites for hydroxylation is 2. The third-order valence-corrected chi connectivity index (χ3v) is 4.84. The van der Waals surface area contributed by atoms with Crippen molar-refractivity contribution in [1.29, 1.82) is 0 Å². The van der Waals surface area contributed by atoms with Crippen molar-refractivity contribution in [3.63, 3.8) is 0 Å². The number of aromatic nitrogens is 1. The number of nitrogens with one attached hydrogen (secondary N) is 1. The monoisotopic (exact) mass is 298 g/mol. The Morgan fingerprint density at radius 1 is 1.27 bits per heavy atom. The van der Waals surface area contributed by atoms with Gasteiger partial charge in [0.1, 0.15) is 5.76 Å². The van der Waals surface area contributed by atoms with Crippen molar-refractivity contribution in [2.45, 2.75) is 44.9 Å². The molecule has 0 unspecified atom stereocenters. The quantitative estimate of drug-likeness (QED) is 0.923. The normalized spacial score (nSPS) is 16.1. The smallest absolute Gasteiger partial charge is 0.224 e. The molecule has 4 nitrogen and oxygen atoms in total. The fourth-order valence-corrected chi connectivity index (χ4v) is 3.21. The largest absolute Gasteiger partial charge is 0.361 e. The minimum Gasteiger partial charge on any atom is -0.361 e. The molecular weight excluding hydrogens is 276 g/mol. The van der Waals surface area contributed by atoms with E-state index in [-0.39, 0.29) is 11.3 Å². The van der Waals surface area contributed by atoms with Gasteiger partial charge in [-0.15, -0.1) is 0 Å². The highest BCUT2D eigenvalue weighted by Crippen LogP contribution is 2.43. The Morgan fingerprint density at radius 2 is 2.00 bits per heavy atom. The Labute approximate surface area is 130 Å². The molecule has 1 heterocycles. The van der Waals surface area contributed by atoms with Gasteiger partial charge >= 0.3 is 0 Å². The summed E-state index contributed by atoms with van der Waals surface area (Å²) in [5.41, 5.74) is 3.16. The van der Waals surface area contributed by atoms with E-state index in [1.807, 2.05) is 19.9 Å². The molecule has 1 saturated carbocycles. The van der Waals surface area contributed by atoms with Crippen molar-refractivity contribution in [1.82, 2.24) is 10.5 Å². The second-order valence-corrected chi connectivity index (χ2v) is 6.26. The van der Waals surface area contributed by atoms with Gasteiger partial charge in [-0.3, -0.25) is 4.79 Å². The SMILES string of the molecule is Cc1noc(C)c1CC(=O)NCC1(c2ccccc2)CCC1. The molecule has 0 radical (unpaired) electrons. The molecule has 0 spiro atoms. The van der Waals surface area contributed by atoms with Crippen molar-refractivity contribution in [2.24, 2.45) is 0 Å². The fraction of sp³-hybridized carbons (Fsp3) is 0.444. The van der Waals surface area contributed by atoms with E-state index in [2.05, 4.69) is 34.7 Å². The van der Waals surface area contributed by atoms with Crippen molar-refractivity contribution < 1.29 is 9.32 Å². The van der Waals surface area contributed by atoms with Gasteiger partial charge in [0.15, 0.2) is 0 Å². The number of carbonyl (C=O) groups is 1. The zero-order valence-electron chi connectivity index (χ0n) is 13.2. The molecule has 1 aliphatic carbocycles. The molecule has 116 valence electrons. The van der Waals surface area contributed by atoms with Crippen LogP contribution in [0.5, 0.6) is 0 Å². The van der Waals surface area contributed by atoms with E-state index in [1.165, 1.54) is 12.0 Å². The van der Waals surface area contributed by atoms with E-state index in [9.17, 15) is 4.79 Å². The lowest BCUT2D eigenvalue weighted by molar-refractivity contribution is -0.120. The first-order chi connectivity index (χ1) is 10.6. The average molecular weight is 298 g/mol. The molecule has 1 aromatic heterocycles. The number of rotatable bonds is 5. The Kier molecular flexibility index (Phi) is 4.01. The first-order valence-corrected chi connectivity index (χ1v) is 7.85. The molecule has 2 aromatic rings. The van der Waals surface area contributed by atoms with Gasteiger partial charge in [0.25, 0.3) is 0 Å². The highest BCUT2D eigenvalue weighted by Gasteiger charge is 2.38. The van der Waals surface area contributed by atoms with Gasteiger partial charge < -0.3 is 9.84 Å². The molecule has 4 heteroatoms. The van der Waals surface area contributed by atoms with Gasteiger partial charge in [-0.1, -0.05) is 41.9 Å². The number of hydrogen-bond acceptors (Lipinski definition) is 3. The molecule has 3 rings (SSSR count). The van der Waals surface area contributed by atoms with Crippen molar-refractivity contribution >= 4 is 5.91 Å². The van der Waals surface area contributed by atoms with E-state index in [1.54, 1.807) is 0 Å². The lowest BCUT2D eigenvalue weighted by atomic mass is 9.64. The number of carbonyl (C=O) groups excluding carboxylic acids is 1. The van der Waals surface area contributed by atoms with Crippen LogP contribution in [0, 0.1) is 13.8 Å². The van der Waals surface area contributed by atoms with E-state index < -0.39 is 0 Å². The number of nitrogens with zero attached hydrogens (tertiary/aromatic N) is 1.